The van der Waals surface area contributed by atoms with Crippen molar-refractivity contribution in [3.8, 4) is 0 Å². The average Bonchev–Trinajstić information content (AvgIpc) is 2.38. The summed E-state index contributed by atoms with van der Waals surface area (Å²) in [6.07, 6.45) is 0. The summed E-state index contributed by atoms with van der Waals surface area (Å²) in [6.45, 7) is 1.74. The number of amides is 2. The predicted molar refractivity (Wildman–Crippen MR) is 68.1 cm³/mol. The van der Waals surface area contributed by atoms with Crippen LogP contribution >= 0.6 is 0 Å². The zero-order valence-corrected chi connectivity index (χ0v) is 10.4. The van der Waals surface area contributed by atoms with E-state index >= 15 is 0 Å². The predicted octanol–water partition coefficient (Wildman–Crippen LogP) is -0.254. The number of benzene rings is 1. The Balaban J connectivity index is 3.08. The normalized spacial score (nSPS) is 9.79. The molecule has 1 rings (SSSR count). The topological polar surface area (TPSA) is 125 Å². The number of anilines is 1. The van der Waals surface area contributed by atoms with Crippen LogP contribution < -0.4 is 16.8 Å². The molecule has 0 aliphatic carbocycles. The number of rotatable bonds is 4. The molecule has 7 heteroatoms. The van der Waals surface area contributed by atoms with Gasteiger partial charge >= 0.3 is 11.9 Å². The molecule has 0 heterocycles. The number of hydrogen-bond acceptors (Lipinski definition) is 5. The van der Waals surface area contributed by atoms with Gasteiger partial charge in [0.15, 0.2) is 0 Å². The van der Waals surface area contributed by atoms with Crippen molar-refractivity contribution in [2.24, 2.45) is 11.5 Å². The smallest absolute Gasteiger partial charge is 0.397 e. The van der Waals surface area contributed by atoms with Crippen LogP contribution in [0.1, 0.15) is 22.8 Å². The summed E-state index contributed by atoms with van der Waals surface area (Å²) in [6, 6.07) is 4.64. The lowest BCUT2D eigenvalue weighted by Gasteiger charge is -2.12. The highest BCUT2D eigenvalue weighted by molar-refractivity contribution is 6.37. The fraction of sp³-hybridized carbons (Fsp3) is 0.250. The van der Waals surface area contributed by atoms with Gasteiger partial charge in [-0.25, -0.2) is 4.79 Å². The Kier molecular flexibility index (Phi) is 5.01. The standard InChI is InChI=1S/C12H15N3O4/c1-2-19-12(18)11(17)15-9-7(6-13)4-3-5-8(9)10(14)16/h3-5H,2,6,13H2,1H3,(H2,14,16)(H,15,17). The highest BCUT2D eigenvalue weighted by atomic mass is 16.5. The lowest BCUT2D eigenvalue weighted by atomic mass is 10.1. The summed E-state index contributed by atoms with van der Waals surface area (Å²) < 4.78 is 4.55. The minimum absolute atomic E-state index is 0.0769. The second-order valence-electron chi connectivity index (χ2n) is 3.58. The van der Waals surface area contributed by atoms with Gasteiger partial charge in [0.05, 0.1) is 17.9 Å². The van der Waals surface area contributed by atoms with Gasteiger partial charge in [0.1, 0.15) is 0 Å². The van der Waals surface area contributed by atoms with E-state index in [1.165, 1.54) is 6.07 Å². The zero-order chi connectivity index (χ0) is 14.4. The molecular weight excluding hydrogens is 250 g/mol. The molecule has 0 saturated heterocycles. The summed E-state index contributed by atoms with van der Waals surface area (Å²) in [7, 11) is 0. The SMILES string of the molecule is CCOC(=O)C(=O)Nc1c(CN)cccc1C(N)=O. The maximum atomic E-state index is 11.6. The van der Waals surface area contributed by atoms with E-state index < -0.39 is 17.8 Å². The Hall–Kier alpha value is -2.41. The molecule has 0 aromatic heterocycles. The number of carbonyl (C=O) groups excluding carboxylic acids is 3. The van der Waals surface area contributed by atoms with Crippen LogP contribution in [0, 0.1) is 0 Å². The van der Waals surface area contributed by atoms with Crippen LogP contribution in [-0.4, -0.2) is 24.4 Å². The third kappa shape index (κ3) is 3.52. The number of carbonyl (C=O) groups is 3. The van der Waals surface area contributed by atoms with Crippen LogP contribution in [0.25, 0.3) is 0 Å². The van der Waals surface area contributed by atoms with E-state index in [0.717, 1.165) is 0 Å². The van der Waals surface area contributed by atoms with Crippen molar-refractivity contribution < 1.29 is 19.1 Å². The first-order chi connectivity index (χ1) is 9.01. The molecule has 0 fully saturated rings. The van der Waals surface area contributed by atoms with Gasteiger partial charge in [0.2, 0.25) is 0 Å². The molecule has 0 aliphatic rings. The summed E-state index contributed by atoms with van der Waals surface area (Å²) in [4.78, 5) is 34.1. The molecule has 0 atom stereocenters. The van der Waals surface area contributed by atoms with Crippen molar-refractivity contribution in [1.82, 2.24) is 0 Å². The third-order valence-corrected chi connectivity index (χ3v) is 2.34. The molecule has 0 bridgehead atoms. The molecule has 0 spiro atoms. The van der Waals surface area contributed by atoms with Gasteiger partial charge in [0.25, 0.3) is 5.91 Å². The largest absolute Gasteiger partial charge is 0.459 e. The number of nitrogens with one attached hydrogen (secondary N) is 1. The van der Waals surface area contributed by atoms with Gasteiger partial charge < -0.3 is 21.5 Å². The molecule has 0 aliphatic heterocycles. The molecule has 0 saturated carbocycles. The van der Waals surface area contributed by atoms with Crippen LogP contribution in [0.15, 0.2) is 18.2 Å². The lowest BCUT2D eigenvalue weighted by Crippen LogP contribution is -2.27. The van der Waals surface area contributed by atoms with E-state index in [-0.39, 0.29) is 24.4 Å². The third-order valence-electron chi connectivity index (χ3n) is 2.34. The Morgan fingerprint density at radius 3 is 2.53 bits per heavy atom. The van der Waals surface area contributed by atoms with Crippen molar-refractivity contribution in [3.05, 3.63) is 29.3 Å². The molecule has 1 aromatic rings. The van der Waals surface area contributed by atoms with Crippen molar-refractivity contribution in [3.63, 3.8) is 0 Å². The van der Waals surface area contributed by atoms with Gasteiger partial charge in [-0.3, -0.25) is 9.59 Å². The van der Waals surface area contributed by atoms with Crippen LogP contribution in [0.2, 0.25) is 0 Å². The van der Waals surface area contributed by atoms with E-state index in [1.807, 2.05) is 0 Å². The minimum atomic E-state index is -1.04. The molecule has 5 N–H and O–H groups in total. The first-order valence-electron chi connectivity index (χ1n) is 5.61. The van der Waals surface area contributed by atoms with Crippen molar-refractivity contribution in [1.29, 1.82) is 0 Å². The van der Waals surface area contributed by atoms with E-state index in [4.69, 9.17) is 11.5 Å². The second kappa shape index (κ2) is 6.50. The molecule has 102 valence electrons. The summed E-state index contributed by atoms with van der Waals surface area (Å²) in [5.74, 6) is -2.75. The fourth-order valence-electron chi connectivity index (χ4n) is 1.48. The van der Waals surface area contributed by atoms with E-state index in [2.05, 4.69) is 10.1 Å². The summed E-state index contributed by atoms with van der Waals surface area (Å²) in [5.41, 5.74) is 11.4. The fourth-order valence-corrected chi connectivity index (χ4v) is 1.48. The van der Waals surface area contributed by atoms with Crippen LogP contribution in [-0.2, 0) is 20.9 Å². The molecule has 0 radical (unpaired) electrons. The van der Waals surface area contributed by atoms with Gasteiger partial charge in [-0.15, -0.1) is 0 Å². The highest BCUT2D eigenvalue weighted by Crippen LogP contribution is 2.20. The molecule has 1 aromatic carbocycles. The van der Waals surface area contributed by atoms with Crippen molar-refractivity contribution >= 4 is 23.5 Å². The summed E-state index contributed by atoms with van der Waals surface area (Å²) >= 11 is 0. The number of primary amides is 1. The monoisotopic (exact) mass is 265 g/mol. The Bertz CT molecular complexity index is 514. The van der Waals surface area contributed by atoms with Crippen molar-refractivity contribution in [2.75, 3.05) is 11.9 Å². The van der Waals surface area contributed by atoms with Crippen LogP contribution in [0.4, 0.5) is 5.69 Å². The van der Waals surface area contributed by atoms with Crippen LogP contribution in [0.3, 0.4) is 0 Å². The number of esters is 1. The Morgan fingerprint density at radius 1 is 1.32 bits per heavy atom. The Labute approximate surface area is 109 Å². The number of para-hydroxylation sites is 1. The first kappa shape index (κ1) is 14.7. The maximum absolute atomic E-state index is 11.6. The molecule has 7 nitrogen and oxygen atoms in total. The Morgan fingerprint density at radius 2 is 2.00 bits per heavy atom. The number of hydrogen-bond donors (Lipinski definition) is 3. The molecule has 0 unspecified atom stereocenters. The van der Waals surface area contributed by atoms with Crippen LogP contribution in [0.5, 0.6) is 0 Å². The molecule has 19 heavy (non-hydrogen) atoms. The van der Waals surface area contributed by atoms with E-state index in [1.54, 1.807) is 19.1 Å². The quantitative estimate of drug-likeness (QED) is 0.511. The van der Waals surface area contributed by atoms with Gasteiger partial charge in [-0.1, -0.05) is 12.1 Å². The minimum Gasteiger partial charge on any atom is -0.459 e. The van der Waals surface area contributed by atoms with E-state index in [0.29, 0.717) is 5.56 Å². The van der Waals surface area contributed by atoms with Gasteiger partial charge in [0, 0.05) is 6.54 Å². The maximum Gasteiger partial charge on any atom is 0.397 e. The number of nitrogens with two attached hydrogens (primary N) is 2. The highest BCUT2D eigenvalue weighted by Gasteiger charge is 2.19. The summed E-state index contributed by atoms with van der Waals surface area (Å²) in [5, 5.41) is 2.30. The zero-order valence-electron chi connectivity index (χ0n) is 10.4. The second-order valence-corrected chi connectivity index (χ2v) is 3.58. The lowest BCUT2D eigenvalue weighted by molar-refractivity contribution is -0.152. The van der Waals surface area contributed by atoms with Crippen molar-refractivity contribution in [2.45, 2.75) is 13.5 Å². The molecule has 2 amide bonds. The first-order valence-corrected chi connectivity index (χ1v) is 5.61. The van der Waals surface area contributed by atoms with Gasteiger partial charge in [-0.2, -0.15) is 0 Å². The van der Waals surface area contributed by atoms with E-state index in [9.17, 15) is 14.4 Å². The average molecular weight is 265 g/mol. The molecular formula is C12H15N3O4. The number of ether oxygens (including phenoxy) is 1. The van der Waals surface area contributed by atoms with Gasteiger partial charge in [-0.05, 0) is 18.6 Å².